The Morgan fingerprint density at radius 2 is 1.74 bits per heavy atom. The average Bonchev–Trinajstić information content (AvgIpc) is 3.07. The van der Waals surface area contributed by atoms with Gasteiger partial charge in [-0.2, -0.15) is 0 Å². The molecule has 2 rings (SSSR count). The molecule has 2 fully saturated rings. The van der Waals surface area contributed by atoms with E-state index in [1.54, 1.807) is 0 Å². The number of hydrogen-bond donors (Lipinski definition) is 1. The Hall–Kier alpha value is -0.120. The van der Waals surface area contributed by atoms with Gasteiger partial charge in [0.05, 0.1) is 0 Å². The van der Waals surface area contributed by atoms with Crippen LogP contribution in [0.4, 0.5) is 0 Å². The standard InChI is InChI=1S/C16H33N3/c1-18(2)11-6-12-19(3)14-16(9-4-5-10-16)13-17-15-7-8-15/h15,17H,4-14H2,1-3H3. The van der Waals surface area contributed by atoms with E-state index >= 15 is 0 Å². The van der Waals surface area contributed by atoms with Crippen molar-refractivity contribution in [1.82, 2.24) is 15.1 Å². The van der Waals surface area contributed by atoms with Crippen molar-refractivity contribution in [3.8, 4) is 0 Å². The zero-order valence-corrected chi connectivity index (χ0v) is 13.2. The second-order valence-electron chi connectivity index (χ2n) is 7.26. The highest BCUT2D eigenvalue weighted by atomic mass is 15.1. The average molecular weight is 267 g/mol. The maximum atomic E-state index is 3.78. The van der Waals surface area contributed by atoms with Crippen LogP contribution in [0.2, 0.25) is 0 Å². The molecular weight excluding hydrogens is 234 g/mol. The summed E-state index contributed by atoms with van der Waals surface area (Å²) in [5.41, 5.74) is 0.579. The largest absolute Gasteiger partial charge is 0.313 e. The van der Waals surface area contributed by atoms with E-state index in [0.29, 0.717) is 5.41 Å². The maximum absolute atomic E-state index is 3.78. The summed E-state index contributed by atoms with van der Waals surface area (Å²) in [7, 11) is 6.64. The van der Waals surface area contributed by atoms with Crippen molar-refractivity contribution in [2.24, 2.45) is 5.41 Å². The van der Waals surface area contributed by atoms with Gasteiger partial charge in [-0.05, 0) is 71.8 Å². The third kappa shape index (κ3) is 5.41. The summed E-state index contributed by atoms with van der Waals surface area (Å²) in [4.78, 5) is 4.86. The van der Waals surface area contributed by atoms with E-state index in [4.69, 9.17) is 0 Å². The SMILES string of the molecule is CN(C)CCCN(C)CC1(CNC2CC2)CCCC1. The van der Waals surface area contributed by atoms with E-state index in [1.165, 1.54) is 71.1 Å². The zero-order valence-electron chi connectivity index (χ0n) is 13.2. The number of nitrogens with zero attached hydrogens (tertiary/aromatic N) is 2. The third-order valence-corrected chi connectivity index (χ3v) is 4.76. The van der Waals surface area contributed by atoms with Crippen molar-refractivity contribution >= 4 is 0 Å². The summed E-state index contributed by atoms with van der Waals surface area (Å²) in [6.07, 6.45) is 9.87. The van der Waals surface area contributed by atoms with Crippen LogP contribution < -0.4 is 5.32 Å². The van der Waals surface area contributed by atoms with Crippen molar-refractivity contribution in [1.29, 1.82) is 0 Å². The Kier molecular flexibility index (Phi) is 5.67. The fourth-order valence-corrected chi connectivity index (χ4v) is 3.47. The molecule has 0 aliphatic heterocycles. The highest BCUT2D eigenvalue weighted by molar-refractivity contribution is 4.92. The zero-order chi connectivity index (χ0) is 13.7. The van der Waals surface area contributed by atoms with Crippen LogP contribution >= 0.6 is 0 Å². The van der Waals surface area contributed by atoms with Crippen molar-refractivity contribution in [2.75, 3.05) is 47.3 Å². The van der Waals surface area contributed by atoms with Crippen molar-refractivity contribution in [2.45, 2.75) is 51.0 Å². The normalized spacial score (nSPS) is 22.6. The van der Waals surface area contributed by atoms with Gasteiger partial charge in [0.2, 0.25) is 0 Å². The van der Waals surface area contributed by atoms with Crippen LogP contribution in [0, 0.1) is 5.41 Å². The van der Waals surface area contributed by atoms with Gasteiger partial charge >= 0.3 is 0 Å². The Labute approximate surface area is 119 Å². The highest BCUT2D eigenvalue weighted by Gasteiger charge is 2.36. The first kappa shape index (κ1) is 15.3. The molecule has 0 bridgehead atoms. The Bertz CT molecular complexity index is 255. The summed E-state index contributed by atoms with van der Waals surface area (Å²) in [6, 6.07) is 0.858. The first-order valence-corrected chi connectivity index (χ1v) is 8.16. The fraction of sp³-hybridized carbons (Fsp3) is 1.00. The molecule has 1 N–H and O–H groups in total. The molecule has 0 amide bonds. The minimum absolute atomic E-state index is 0.579. The fourth-order valence-electron chi connectivity index (χ4n) is 3.47. The summed E-state index contributed by atoms with van der Waals surface area (Å²) < 4.78 is 0. The van der Waals surface area contributed by atoms with Crippen LogP contribution in [-0.4, -0.2) is 63.2 Å². The first-order chi connectivity index (χ1) is 9.10. The summed E-state index contributed by atoms with van der Waals surface area (Å²) in [5.74, 6) is 0. The van der Waals surface area contributed by atoms with Gasteiger partial charge in [0.1, 0.15) is 0 Å². The Morgan fingerprint density at radius 3 is 2.32 bits per heavy atom. The molecule has 0 radical (unpaired) electrons. The van der Waals surface area contributed by atoms with Crippen molar-refractivity contribution < 1.29 is 0 Å². The minimum Gasteiger partial charge on any atom is -0.313 e. The highest BCUT2D eigenvalue weighted by Crippen LogP contribution is 2.38. The molecule has 0 aromatic carbocycles. The second kappa shape index (κ2) is 7.05. The number of hydrogen-bond acceptors (Lipinski definition) is 3. The van der Waals surface area contributed by atoms with Crippen LogP contribution in [0.1, 0.15) is 44.9 Å². The van der Waals surface area contributed by atoms with E-state index in [2.05, 4.69) is 36.3 Å². The molecule has 0 heterocycles. The summed E-state index contributed by atoms with van der Waals surface area (Å²) >= 11 is 0. The topological polar surface area (TPSA) is 18.5 Å². The van der Waals surface area contributed by atoms with Crippen molar-refractivity contribution in [3.63, 3.8) is 0 Å². The van der Waals surface area contributed by atoms with Gasteiger partial charge in [-0.15, -0.1) is 0 Å². The molecule has 0 aromatic rings. The van der Waals surface area contributed by atoms with Gasteiger partial charge in [0, 0.05) is 19.1 Å². The minimum atomic E-state index is 0.579. The molecule has 0 saturated heterocycles. The van der Waals surface area contributed by atoms with Gasteiger partial charge in [0.15, 0.2) is 0 Å². The van der Waals surface area contributed by atoms with E-state index in [1.807, 2.05) is 0 Å². The smallest absolute Gasteiger partial charge is 0.00684 e. The van der Waals surface area contributed by atoms with Crippen LogP contribution in [0.3, 0.4) is 0 Å². The van der Waals surface area contributed by atoms with Gasteiger partial charge < -0.3 is 15.1 Å². The molecule has 0 aromatic heterocycles. The second-order valence-corrected chi connectivity index (χ2v) is 7.26. The molecule has 112 valence electrons. The van der Waals surface area contributed by atoms with E-state index in [0.717, 1.165) is 6.04 Å². The number of nitrogens with one attached hydrogen (secondary N) is 1. The molecule has 2 saturated carbocycles. The third-order valence-electron chi connectivity index (χ3n) is 4.76. The van der Waals surface area contributed by atoms with Gasteiger partial charge in [-0.3, -0.25) is 0 Å². The summed E-state index contributed by atoms with van der Waals surface area (Å²) in [6.45, 7) is 5.00. The molecule has 2 aliphatic rings. The summed E-state index contributed by atoms with van der Waals surface area (Å²) in [5, 5.41) is 3.78. The molecule has 2 aliphatic carbocycles. The maximum Gasteiger partial charge on any atom is 0.00684 e. The van der Waals surface area contributed by atoms with Crippen LogP contribution in [-0.2, 0) is 0 Å². The molecule has 3 heteroatoms. The quantitative estimate of drug-likeness (QED) is 0.691. The molecule has 0 atom stereocenters. The van der Waals surface area contributed by atoms with Gasteiger partial charge in [-0.1, -0.05) is 12.8 Å². The first-order valence-electron chi connectivity index (χ1n) is 8.16. The van der Waals surface area contributed by atoms with E-state index in [9.17, 15) is 0 Å². The lowest BCUT2D eigenvalue weighted by atomic mass is 9.85. The lowest BCUT2D eigenvalue weighted by Crippen LogP contribution is -2.42. The van der Waals surface area contributed by atoms with Gasteiger partial charge in [0.25, 0.3) is 0 Å². The lowest BCUT2D eigenvalue weighted by Gasteiger charge is -2.34. The monoisotopic (exact) mass is 267 g/mol. The number of rotatable bonds is 9. The van der Waals surface area contributed by atoms with Crippen LogP contribution in [0.15, 0.2) is 0 Å². The molecular formula is C16H33N3. The van der Waals surface area contributed by atoms with Gasteiger partial charge in [-0.25, -0.2) is 0 Å². The van der Waals surface area contributed by atoms with E-state index < -0.39 is 0 Å². The molecule has 3 nitrogen and oxygen atoms in total. The van der Waals surface area contributed by atoms with Crippen LogP contribution in [0.5, 0.6) is 0 Å². The Morgan fingerprint density at radius 1 is 1.05 bits per heavy atom. The predicted molar refractivity (Wildman–Crippen MR) is 82.6 cm³/mol. The van der Waals surface area contributed by atoms with E-state index in [-0.39, 0.29) is 0 Å². The van der Waals surface area contributed by atoms with Crippen molar-refractivity contribution in [3.05, 3.63) is 0 Å². The molecule has 0 unspecified atom stereocenters. The lowest BCUT2D eigenvalue weighted by molar-refractivity contribution is 0.167. The van der Waals surface area contributed by atoms with Crippen LogP contribution in [0.25, 0.3) is 0 Å². The Balaban J connectivity index is 1.71. The molecule has 19 heavy (non-hydrogen) atoms. The predicted octanol–water partition coefficient (Wildman–Crippen LogP) is 2.18. The molecule has 0 spiro atoms.